The van der Waals surface area contributed by atoms with E-state index in [9.17, 15) is 4.79 Å². The molecule has 0 saturated carbocycles. The minimum Gasteiger partial charge on any atom is -0.497 e. The van der Waals surface area contributed by atoms with Crippen LogP contribution < -0.4 is 20.3 Å². The van der Waals surface area contributed by atoms with Gasteiger partial charge in [-0.2, -0.15) is 0 Å². The van der Waals surface area contributed by atoms with E-state index in [0.29, 0.717) is 6.54 Å². The molecule has 0 unspecified atom stereocenters. The normalized spacial score (nSPS) is 14.7. The lowest BCUT2D eigenvalue weighted by atomic mass is 10.2. The maximum atomic E-state index is 12.0. The van der Waals surface area contributed by atoms with Gasteiger partial charge in [-0.3, -0.25) is 4.90 Å². The SMILES string of the molecule is COc1ccc(NC(=O)NCCN2CCN(c3ccccc3)CC2)cc1. The lowest BCUT2D eigenvalue weighted by molar-refractivity contribution is 0.240. The number of piperazine rings is 1. The van der Waals surface area contributed by atoms with Gasteiger partial charge in [0.25, 0.3) is 0 Å². The van der Waals surface area contributed by atoms with Crippen molar-refractivity contribution in [2.45, 2.75) is 0 Å². The molecule has 1 heterocycles. The predicted octanol–water partition coefficient (Wildman–Crippen LogP) is 2.64. The van der Waals surface area contributed by atoms with Gasteiger partial charge >= 0.3 is 6.03 Å². The van der Waals surface area contributed by atoms with Crippen LogP contribution in [0, 0.1) is 0 Å². The molecule has 0 atom stereocenters. The van der Waals surface area contributed by atoms with Crippen molar-refractivity contribution in [1.29, 1.82) is 0 Å². The lowest BCUT2D eigenvalue weighted by Crippen LogP contribution is -2.48. The number of rotatable bonds is 6. The third-order valence-electron chi connectivity index (χ3n) is 4.56. The monoisotopic (exact) mass is 354 g/mol. The van der Waals surface area contributed by atoms with Crippen molar-refractivity contribution in [3.05, 3.63) is 54.6 Å². The Hall–Kier alpha value is -2.73. The van der Waals surface area contributed by atoms with Crippen molar-refractivity contribution in [2.75, 3.05) is 56.6 Å². The molecule has 1 aliphatic heterocycles. The number of hydrogen-bond acceptors (Lipinski definition) is 4. The van der Waals surface area contributed by atoms with Crippen LogP contribution in [0.25, 0.3) is 0 Å². The van der Waals surface area contributed by atoms with Gasteiger partial charge in [0, 0.05) is 50.6 Å². The van der Waals surface area contributed by atoms with Crippen molar-refractivity contribution in [3.8, 4) is 5.75 Å². The summed E-state index contributed by atoms with van der Waals surface area (Å²) < 4.78 is 5.10. The highest BCUT2D eigenvalue weighted by Crippen LogP contribution is 2.16. The molecule has 2 aromatic carbocycles. The van der Waals surface area contributed by atoms with Crippen molar-refractivity contribution in [3.63, 3.8) is 0 Å². The fourth-order valence-corrected chi connectivity index (χ4v) is 3.05. The molecule has 3 rings (SSSR count). The van der Waals surface area contributed by atoms with E-state index >= 15 is 0 Å². The molecule has 6 nitrogen and oxygen atoms in total. The molecule has 2 amide bonds. The number of nitrogens with one attached hydrogen (secondary N) is 2. The number of nitrogens with zero attached hydrogens (tertiary/aromatic N) is 2. The molecule has 2 N–H and O–H groups in total. The van der Waals surface area contributed by atoms with Crippen LogP contribution in [0.2, 0.25) is 0 Å². The first-order valence-corrected chi connectivity index (χ1v) is 8.96. The number of urea groups is 1. The van der Waals surface area contributed by atoms with Crippen molar-refractivity contribution in [2.24, 2.45) is 0 Å². The Morgan fingerprint density at radius 2 is 1.69 bits per heavy atom. The van der Waals surface area contributed by atoms with Crippen LogP contribution in [0.1, 0.15) is 0 Å². The van der Waals surface area contributed by atoms with Crippen LogP contribution in [0.15, 0.2) is 54.6 Å². The number of methoxy groups -OCH3 is 1. The van der Waals surface area contributed by atoms with Gasteiger partial charge in [-0.25, -0.2) is 4.79 Å². The summed E-state index contributed by atoms with van der Waals surface area (Å²) in [6.07, 6.45) is 0. The van der Waals surface area contributed by atoms with Crippen molar-refractivity contribution in [1.82, 2.24) is 10.2 Å². The summed E-state index contributed by atoms with van der Waals surface area (Å²) >= 11 is 0. The van der Waals surface area contributed by atoms with Gasteiger partial charge in [-0.15, -0.1) is 0 Å². The van der Waals surface area contributed by atoms with Crippen LogP contribution in [0.5, 0.6) is 5.75 Å². The molecular weight excluding hydrogens is 328 g/mol. The third-order valence-corrected chi connectivity index (χ3v) is 4.56. The molecule has 1 fully saturated rings. The number of ether oxygens (including phenoxy) is 1. The second-order valence-electron chi connectivity index (χ2n) is 6.27. The van der Waals surface area contributed by atoms with E-state index in [0.717, 1.165) is 44.2 Å². The maximum absolute atomic E-state index is 12.0. The maximum Gasteiger partial charge on any atom is 0.319 e. The van der Waals surface area contributed by atoms with E-state index in [4.69, 9.17) is 4.74 Å². The number of para-hydroxylation sites is 1. The van der Waals surface area contributed by atoms with Crippen LogP contribution in [-0.2, 0) is 0 Å². The molecule has 6 heteroatoms. The molecular formula is C20H26N4O2. The zero-order valence-corrected chi connectivity index (χ0v) is 15.1. The molecule has 26 heavy (non-hydrogen) atoms. The Morgan fingerprint density at radius 3 is 2.35 bits per heavy atom. The number of hydrogen-bond donors (Lipinski definition) is 2. The topological polar surface area (TPSA) is 56.8 Å². The number of benzene rings is 2. The average molecular weight is 354 g/mol. The molecule has 1 aliphatic rings. The third kappa shape index (κ3) is 5.13. The quantitative estimate of drug-likeness (QED) is 0.837. The number of amides is 2. The van der Waals surface area contributed by atoms with E-state index in [2.05, 4.69) is 44.7 Å². The van der Waals surface area contributed by atoms with Gasteiger partial charge in [0.05, 0.1) is 7.11 Å². The largest absolute Gasteiger partial charge is 0.497 e. The number of anilines is 2. The highest BCUT2D eigenvalue weighted by molar-refractivity contribution is 5.89. The second kappa shape index (κ2) is 9.10. The minimum atomic E-state index is -0.182. The zero-order valence-electron chi connectivity index (χ0n) is 15.1. The summed E-state index contributed by atoms with van der Waals surface area (Å²) in [6, 6.07) is 17.6. The summed E-state index contributed by atoms with van der Waals surface area (Å²) in [5.41, 5.74) is 2.03. The molecule has 0 radical (unpaired) electrons. The van der Waals surface area contributed by atoms with E-state index in [1.807, 2.05) is 30.3 Å². The molecule has 1 saturated heterocycles. The van der Waals surface area contributed by atoms with Gasteiger partial charge in [0.2, 0.25) is 0 Å². The van der Waals surface area contributed by atoms with Gasteiger partial charge in [-0.1, -0.05) is 18.2 Å². The molecule has 0 bridgehead atoms. The van der Waals surface area contributed by atoms with Gasteiger partial charge in [-0.05, 0) is 36.4 Å². The first kappa shape index (κ1) is 18.1. The lowest BCUT2D eigenvalue weighted by Gasteiger charge is -2.36. The van der Waals surface area contributed by atoms with E-state index < -0.39 is 0 Å². The Morgan fingerprint density at radius 1 is 1.00 bits per heavy atom. The van der Waals surface area contributed by atoms with Crippen LogP contribution in [-0.4, -0.2) is 57.3 Å². The van der Waals surface area contributed by atoms with Crippen LogP contribution >= 0.6 is 0 Å². The Kier molecular flexibility index (Phi) is 6.33. The van der Waals surface area contributed by atoms with Gasteiger partial charge in [0.1, 0.15) is 5.75 Å². The fourth-order valence-electron chi connectivity index (χ4n) is 3.05. The van der Waals surface area contributed by atoms with E-state index in [1.54, 1.807) is 7.11 Å². The molecule has 0 spiro atoms. The van der Waals surface area contributed by atoms with Crippen molar-refractivity contribution < 1.29 is 9.53 Å². The zero-order chi connectivity index (χ0) is 18.2. The smallest absolute Gasteiger partial charge is 0.319 e. The second-order valence-corrected chi connectivity index (χ2v) is 6.27. The van der Waals surface area contributed by atoms with Gasteiger partial charge < -0.3 is 20.3 Å². The fraction of sp³-hybridized carbons (Fsp3) is 0.350. The summed E-state index contributed by atoms with van der Waals surface area (Å²) in [6.45, 7) is 5.55. The van der Waals surface area contributed by atoms with E-state index in [1.165, 1.54) is 5.69 Å². The summed E-state index contributed by atoms with van der Waals surface area (Å²) in [4.78, 5) is 16.8. The molecule has 0 aromatic heterocycles. The predicted molar refractivity (Wildman–Crippen MR) is 105 cm³/mol. The standard InChI is InChI=1S/C20H26N4O2/c1-26-19-9-7-17(8-10-19)22-20(25)21-11-12-23-13-15-24(16-14-23)18-5-3-2-4-6-18/h2-10H,11-16H2,1H3,(H2,21,22,25). The van der Waals surface area contributed by atoms with E-state index in [-0.39, 0.29) is 6.03 Å². The molecule has 138 valence electrons. The summed E-state index contributed by atoms with van der Waals surface area (Å²) in [5.74, 6) is 0.769. The highest BCUT2D eigenvalue weighted by atomic mass is 16.5. The summed E-state index contributed by atoms with van der Waals surface area (Å²) in [5, 5.41) is 5.74. The van der Waals surface area contributed by atoms with Crippen LogP contribution in [0.4, 0.5) is 16.2 Å². The van der Waals surface area contributed by atoms with Crippen LogP contribution in [0.3, 0.4) is 0 Å². The Balaban J connectivity index is 1.34. The van der Waals surface area contributed by atoms with Crippen molar-refractivity contribution >= 4 is 17.4 Å². The Bertz CT molecular complexity index is 683. The number of carbonyl (C=O) groups is 1. The highest BCUT2D eigenvalue weighted by Gasteiger charge is 2.16. The van der Waals surface area contributed by atoms with Gasteiger partial charge in [0.15, 0.2) is 0 Å². The average Bonchev–Trinajstić information content (AvgIpc) is 2.70. The summed E-state index contributed by atoms with van der Waals surface area (Å²) in [7, 11) is 1.62. The minimum absolute atomic E-state index is 0.182. The number of carbonyl (C=O) groups excluding carboxylic acids is 1. The first-order valence-electron chi connectivity index (χ1n) is 8.96. The molecule has 0 aliphatic carbocycles. The first-order chi connectivity index (χ1) is 12.7. The Labute approximate surface area is 154 Å². The molecule has 2 aromatic rings.